The SMILES string of the molecule is CCc1c(C)sc2c1CCN(C(=O)Nc1ccc(C)c(F)c1)[C@H]2c1ccccc1. The molecule has 0 unspecified atom stereocenters. The molecule has 0 bridgehead atoms. The van der Waals surface area contributed by atoms with E-state index in [0.29, 0.717) is 17.8 Å². The summed E-state index contributed by atoms with van der Waals surface area (Å²) < 4.78 is 13.9. The van der Waals surface area contributed by atoms with E-state index < -0.39 is 0 Å². The maximum atomic E-state index is 13.9. The van der Waals surface area contributed by atoms with Crippen LogP contribution in [-0.2, 0) is 12.8 Å². The fraction of sp³-hybridized carbons (Fsp3) is 0.292. The number of thiophene rings is 1. The highest BCUT2D eigenvalue weighted by atomic mass is 32.1. The van der Waals surface area contributed by atoms with E-state index in [1.165, 1.54) is 26.9 Å². The zero-order chi connectivity index (χ0) is 20.5. The molecular formula is C24H25FN2OS. The van der Waals surface area contributed by atoms with Crippen LogP contribution in [0.5, 0.6) is 0 Å². The molecule has 1 aliphatic heterocycles. The van der Waals surface area contributed by atoms with Crippen molar-refractivity contribution in [3.8, 4) is 0 Å². The van der Waals surface area contributed by atoms with E-state index in [1.54, 1.807) is 30.4 Å². The molecule has 3 aromatic rings. The lowest BCUT2D eigenvalue weighted by molar-refractivity contribution is 0.195. The Balaban J connectivity index is 1.71. The molecule has 5 heteroatoms. The van der Waals surface area contributed by atoms with Gasteiger partial charge in [0, 0.05) is 22.0 Å². The Morgan fingerprint density at radius 3 is 2.66 bits per heavy atom. The molecule has 1 aromatic heterocycles. The average Bonchev–Trinajstić information content (AvgIpc) is 3.05. The second kappa shape index (κ2) is 7.99. The molecule has 2 aromatic carbocycles. The number of halogens is 1. The first-order chi connectivity index (χ1) is 14.0. The number of nitrogens with one attached hydrogen (secondary N) is 1. The van der Waals surface area contributed by atoms with Crippen LogP contribution in [0.4, 0.5) is 14.9 Å². The maximum Gasteiger partial charge on any atom is 0.322 e. The number of carbonyl (C=O) groups is 1. The van der Waals surface area contributed by atoms with Crippen LogP contribution >= 0.6 is 11.3 Å². The topological polar surface area (TPSA) is 32.3 Å². The number of carbonyl (C=O) groups excluding carboxylic acids is 1. The summed E-state index contributed by atoms with van der Waals surface area (Å²) in [7, 11) is 0. The Hall–Kier alpha value is -2.66. The summed E-state index contributed by atoms with van der Waals surface area (Å²) in [5.41, 5.74) is 4.96. The highest BCUT2D eigenvalue weighted by Crippen LogP contribution is 2.43. The normalized spacial score (nSPS) is 15.9. The minimum absolute atomic E-state index is 0.126. The summed E-state index contributed by atoms with van der Waals surface area (Å²) in [6.45, 7) is 6.71. The molecule has 0 saturated heterocycles. The van der Waals surface area contributed by atoms with Crippen molar-refractivity contribution in [3.63, 3.8) is 0 Å². The zero-order valence-corrected chi connectivity index (χ0v) is 17.8. The van der Waals surface area contributed by atoms with Crippen LogP contribution in [0.2, 0.25) is 0 Å². The molecule has 0 radical (unpaired) electrons. The van der Waals surface area contributed by atoms with Crippen LogP contribution < -0.4 is 5.32 Å². The molecule has 0 saturated carbocycles. The first kappa shape index (κ1) is 19.6. The Kier molecular flexibility index (Phi) is 5.41. The highest BCUT2D eigenvalue weighted by Gasteiger charge is 2.35. The number of hydrogen-bond acceptors (Lipinski definition) is 2. The van der Waals surface area contributed by atoms with E-state index in [9.17, 15) is 9.18 Å². The molecule has 3 nitrogen and oxygen atoms in total. The Labute approximate surface area is 175 Å². The van der Waals surface area contributed by atoms with E-state index in [1.807, 2.05) is 23.1 Å². The molecule has 0 spiro atoms. The van der Waals surface area contributed by atoms with Gasteiger partial charge in [-0.25, -0.2) is 9.18 Å². The van der Waals surface area contributed by atoms with Crippen LogP contribution in [-0.4, -0.2) is 17.5 Å². The lowest BCUT2D eigenvalue weighted by Gasteiger charge is -2.36. The van der Waals surface area contributed by atoms with Crippen LogP contribution in [0.25, 0.3) is 0 Å². The van der Waals surface area contributed by atoms with E-state index in [4.69, 9.17) is 0 Å². The number of benzene rings is 2. The quantitative estimate of drug-likeness (QED) is 0.546. The average molecular weight is 409 g/mol. The smallest absolute Gasteiger partial charge is 0.312 e. The molecule has 1 atom stereocenters. The van der Waals surface area contributed by atoms with Crippen molar-refractivity contribution in [2.24, 2.45) is 0 Å². The summed E-state index contributed by atoms with van der Waals surface area (Å²) in [5.74, 6) is -0.315. The Bertz CT molecular complexity index is 1040. The fourth-order valence-corrected chi connectivity index (χ4v) is 5.60. The van der Waals surface area contributed by atoms with Gasteiger partial charge in [0.2, 0.25) is 0 Å². The monoisotopic (exact) mass is 408 g/mol. The van der Waals surface area contributed by atoms with Crippen molar-refractivity contribution in [1.82, 2.24) is 4.90 Å². The van der Waals surface area contributed by atoms with E-state index in [2.05, 4.69) is 31.3 Å². The van der Waals surface area contributed by atoms with Crippen molar-refractivity contribution in [2.75, 3.05) is 11.9 Å². The molecule has 29 heavy (non-hydrogen) atoms. The number of aryl methyl sites for hydroxylation is 2. The Morgan fingerprint density at radius 2 is 1.97 bits per heavy atom. The third kappa shape index (κ3) is 3.67. The van der Waals surface area contributed by atoms with Crippen molar-refractivity contribution in [1.29, 1.82) is 0 Å². The van der Waals surface area contributed by atoms with Gasteiger partial charge < -0.3 is 10.2 Å². The first-order valence-electron chi connectivity index (χ1n) is 9.99. The third-order valence-electron chi connectivity index (χ3n) is 5.67. The second-order valence-electron chi connectivity index (χ2n) is 7.48. The van der Waals surface area contributed by atoms with Crippen LogP contribution in [0.1, 0.15) is 45.0 Å². The van der Waals surface area contributed by atoms with Gasteiger partial charge in [-0.3, -0.25) is 0 Å². The van der Waals surface area contributed by atoms with Crippen LogP contribution in [0.3, 0.4) is 0 Å². The minimum Gasteiger partial charge on any atom is -0.312 e. The van der Waals surface area contributed by atoms with Crippen molar-refractivity contribution < 1.29 is 9.18 Å². The van der Waals surface area contributed by atoms with Gasteiger partial charge in [-0.15, -0.1) is 11.3 Å². The number of fused-ring (bicyclic) bond motifs is 1. The standard InChI is InChI=1S/C24H25FN2OS/c1-4-19-16(3)29-23-20(19)12-13-27(22(23)17-8-6-5-7-9-17)24(28)26-18-11-10-15(2)21(25)14-18/h5-11,14,22H,4,12-13H2,1-3H3,(H,26,28)/t22-/m0/s1. The molecule has 4 rings (SSSR count). The number of urea groups is 1. The van der Waals surface area contributed by atoms with Gasteiger partial charge in [-0.2, -0.15) is 0 Å². The van der Waals surface area contributed by atoms with Gasteiger partial charge in [0.1, 0.15) is 5.82 Å². The second-order valence-corrected chi connectivity index (χ2v) is 8.74. The molecule has 150 valence electrons. The van der Waals surface area contributed by atoms with Crippen molar-refractivity contribution in [2.45, 2.75) is 39.7 Å². The molecular weight excluding hydrogens is 383 g/mol. The molecule has 0 aliphatic carbocycles. The van der Waals surface area contributed by atoms with Crippen molar-refractivity contribution in [3.05, 3.63) is 86.4 Å². The number of amides is 2. The van der Waals surface area contributed by atoms with Gasteiger partial charge in [0.05, 0.1) is 6.04 Å². The first-order valence-corrected chi connectivity index (χ1v) is 10.8. The minimum atomic E-state index is -0.315. The fourth-order valence-electron chi connectivity index (χ4n) is 4.16. The largest absolute Gasteiger partial charge is 0.322 e. The number of nitrogens with zero attached hydrogens (tertiary/aromatic N) is 1. The summed E-state index contributed by atoms with van der Waals surface area (Å²) >= 11 is 1.79. The summed E-state index contributed by atoms with van der Waals surface area (Å²) in [4.78, 5) is 17.7. The number of anilines is 1. The molecule has 2 amide bonds. The van der Waals surface area contributed by atoms with E-state index >= 15 is 0 Å². The van der Waals surface area contributed by atoms with Crippen LogP contribution in [0, 0.1) is 19.7 Å². The van der Waals surface area contributed by atoms with Gasteiger partial charge in [0.15, 0.2) is 0 Å². The Morgan fingerprint density at radius 1 is 1.21 bits per heavy atom. The van der Waals surface area contributed by atoms with Gasteiger partial charge in [0.25, 0.3) is 0 Å². The van der Waals surface area contributed by atoms with Gasteiger partial charge >= 0.3 is 6.03 Å². The molecule has 2 heterocycles. The molecule has 1 N–H and O–H groups in total. The van der Waals surface area contributed by atoms with E-state index in [0.717, 1.165) is 18.4 Å². The zero-order valence-electron chi connectivity index (χ0n) is 17.0. The lowest BCUT2D eigenvalue weighted by Crippen LogP contribution is -2.42. The van der Waals surface area contributed by atoms with Gasteiger partial charge in [-0.05, 0) is 61.1 Å². The maximum absolute atomic E-state index is 13.9. The summed E-state index contributed by atoms with van der Waals surface area (Å²) in [5, 5.41) is 2.90. The predicted octanol–water partition coefficient (Wildman–Crippen LogP) is 6.25. The van der Waals surface area contributed by atoms with E-state index in [-0.39, 0.29) is 17.9 Å². The summed E-state index contributed by atoms with van der Waals surface area (Å²) in [6, 6.07) is 14.6. The summed E-state index contributed by atoms with van der Waals surface area (Å²) in [6.07, 6.45) is 1.86. The lowest BCUT2D eigenvalue weighted by atomic mass is 9.92. The molecule has 0 fully saturated rings. The highest BCUT2D eigenvalue weighted by molar-refractivity contribution is 7.12. The van der Waals surface area contributed by atoms with Crippen LogP contribution in [0.15, 0.2) is 48.5 Å². The molecule has 1 aliphatic rings. The predicted molar refractivity (Wildman–Crippen MR) is 117 cm³/mol. The number of rotatable bonds is 3. The third-order valence-corrected chi connectivity index (χ3v) is 6.91. The number of hydrogen-bond donors (Lipinski definition) is 1. The van der Waals surface area contributed by atoms with Crippen molar-refractivity contribution >= 4 is 23.1 Å². The van der Waals surface area contributed by atoms with Gasteiger partial charge in [-0.1, -0.05) is 43.3 Å².